The van der Waals surface area contributed by atoms with Gasteiger partial charge in [0.25, 0.3) is 0 Å². The number of hydrogen-bond donors (Lipinski definition) is 1. The molecule has 1 N–H and O–H groups in total. The number of carboxylic acid groups (broad SMARTS) is 1. The van der Waals surface area contributed by atoms with E-state index in [0.29, 0.717) is 22.1 Å². The molecule has 0 saturated heterocycles. The first-order valence-electron chi connectivity index (χ1n) is 5.44. The molecule has 106 valence electrons. The first kappa shape index (κ1) is 16.0. The molecule has 0 fully saturated rings. The molecule has 3 nitrogen and oxygen atoms in total. The predicted octanol–water partition coefficient (Wildman–Crippen LogP) is 3.90. The number of aliphatic carboxylic acids is 1. The van der Waals surface area contributed by atoms with Crippen molar-refractivity contribution in [2.24, 2.45) is 5.92 Å². The summed E-state index contributed by atoms with van der Waals surface area (Å²) in [7, 11) is 0. The Bertz CT molecular complexity index is 443. The maximum Gasteiger partial charge on any atom is 0.387 e. The van der Waals surface area contributed by atoms with E-state index in [9.17, 15) is 13.6 Å². The van der Waals surface area contributed by atoms with E-state index >= 15 is 0 Å². The van der Waals surface area contributed by atoms with Crippen LogP contribution in [0.2, 0.25) is 5.02 Å². The van der Waals surface area contributed by atoms with E-state index < -0.39 is 18.5 Å². The van der Waals surface area contributed by atoms with E-state index in [4.69, 9.17) is 16.7 Å². The van der Waals surface area contributed by atoms with Gasteiger partial charge < -0.3 is 9.84 Å². The van der Waals surface area contributed by atoms with Crippen LogP contribution in [0.25, 0.3) is 0 Å². The van der Waals surface area contributed by atoms with Gasteiger partial charge in [0, 0.05) is 22.1 Å². The Balaban J connectivity index is 2.65. The molecule has 0 amide bonds. The quantitative estimate of drug-likeness (QED) is 0.830. The SMILES string of the molecule is CC(CSCc1cc(Cl)ccc1OC(F)F)C(=O)O. The van der Waals surface area contributed by atoms with E-state index in [2.05, 4.69) is 4.74 Å². The third-order valence-corrected chi connectivity index (χ3v) is 3.77. The van der Waals surface area contributed by atoms with Crippen LogP contribution in [0, 0.1) is 5.92 Å². The largest absolute Gasteiger partial charge is 0.481 e. The maximum absolute atomic E-state index is 12.2. The van der Waals surface area contributed by atoms with Gasteiger partial charge in [-0.3, -0.25) is 4.79 Å². The van der Waals surface area contributed by atoms with Crippen molar-refractivity contribution in [2.75, 3.05) is 5.75 Å². The number of halogens is 3. The van der Waals surface area contributed by atoms with Crippen molar-refractivity contribution in [3.63, 3.8) is 0 Å². The van der Waals surface area contributed by atoms with Crippen molar-refractivity contribution >= 4 is 29.3 Å². The summed E-state index contributed by atoms with van der Waals surface area (Å²) in [6.45, 7) is -1.31. The third kappa shape index (κ3) is 5.65. The molecule has 0 spiro atoms. The van der Waals surface area contributed by atoms with Gasteiger partial charge >= 0.3 is 12.6 Å². The van der Waals surface area contributed by atoms with Gasteiger partial charge in [-0.15, -0.1) is 0 Å². The molecule has 1 rings (SSSR count). The lowest BCUT2D eigenvalue weighted by Gasteiger charge is -2.11. The van der Waals surface area contributed by atoms with Crippen LogP contribution in [-0.2, 0) is 10.5 Å². The van der Waals surface area contributed by atoms with Crippen molar-refractivity contribution in [3.05, 3.63) is 28.8 Å². The summed E-state index contributed by atoms with van der Waals surface area (Å²) in [6.07, 6.45) is 0. The zero-order valence-electron chi connectivity index (χ0n) is 10.1. The summed E-state index contributed by atoms with van der Waals surface area (Å²) in [6, 6.07) is 4.38. The van der Waals surface area contributed by atoms with E-state index in [0.717, 1.165) is 0 Å². The van der Waals surface area contributed by atoms with Crippen molar-refractivity contribution in [3.8, 4) is 5.75 Å². The van der Waals surface area contributed by atoms with Crippen molar-refractivity contribution in [1.29, 1.82) is 0 Å². The molecule has 0 aliphatic heterocycles. The molecular weight excluding hydrogens is 298 g/mol. The summed E-state index contributed by atoms with van der Waals surface area (Å²) in [5.41, 5.74) is 0.524. The normalized spacial score (nSPS) is 12.5. The molecule has 0 heterocycles. The highest BCUT2D eigenvalue weighted by Gasteiger charge is 2.13. The van der Waals surface area contributed by atoms with Crippen LogP contribution in [0.4, 0.5) is 8.78 Å². The lowest BCUT2D eigenvalue weighted by Crippen LogP contribution is -2.12. The lowest BCUT2D eigenvalue weighted by atomic mass is 10.2. The first-order chi connectivity index (χ1) is 8.90. The molecule has 0 saturated carbocycles. The van der Waals surface area contributed by atoms with E-state index in [1.807, 2.05) is 0 Å². The summed E-state index contributed by atoms with van der Waals surface area (Å²) in [5.74, 6) is -0.572. The van der Waals surface area contributed by atoms with Gasteiger partial charge in [0.2, 0.25) is 0 Å². The molecule has 19 heavy (non-hydrogen) atoms. The minimum atomic E-state index is -2.90. The molecule has 0 aliphatic carbocycles. The Morgan fingerprint density at radius 1 is 1.53 bits per heavy atom. The fourth-order valence-corrected chi connectivity index (χ4v) is 2.54. The summed E-state index contributed by atoms with van der Waals surface area (Å²) < 4.78 is 28.8. The van der Waals surface area contributed by atoms with E-state index in [1.165, 1.54) is 30.0 Å². The van der Waals surface area contributed by atoms with Crippen LogP contribution < -0.4 is 4.74 Å². The number of rotatable bonds is 7. The second-order valence-corrected chi connectivity index (χ2v) is 5.35. The molecule has 1 atom stereocenters. The predicted molar refractivity (Wildman–Crippen MR) is 71.0 cm³/mol. The highest BCUT2D eigenvalue weighted by atomic mass is 35.5. The van der Waals surface area contributed by atoms with Gasteiger partial charge in [-0.1, -0.05) is 18.5 Å². The van der Waals surface area contributed by atoms with Crippen LogP contribution in [0.3, 0.4) is 0 Å². The molecule has 1 aromatic rings. The fourth-order valence-electron chi connectivity index (χ4n) is 1.29. The number of ether oxygens (including phenoxy) is 1. The van der Waals surface area contributed by atoms with Crippen molar-refractivity contribution in [2.45, 2.75) is 19.3 Å². The van der Waals surface area contributed by atoms with Gasteiger partial charge in [-0.2, -0.15) is 20.5 Å². The van der Waals surface area contributed by atoms with E-state index in [1.54, 1.807) is 6.92 Å². The van der Waals surface area contributed by atoms with Gasteiger partial charge in [0.15, 0.2) is 0 Å². The molecule has 0 bridgehead atoms. The third-order valence-electron chi connectivity index (χ3n) is 2.29. The number of hydrogen-bond acceptors (Lipinski definition) is 3. The molecule has 0 aliphatic rings. The molecule has 7 heteroatoms. The second kappa shape index (κ2) is 7.55. The Morgan fingerprint density at radius 2 is 2.21 bits per heavy atom. The van der Waals surface area contributed by atoms with E-state index in [-0.39, 0.29) is 5.75 Å². The van der Waals surface area contributed by atoms with Crippen LogP contribution in [0.1, 0.15) is 12.5 Å². The van der Waals surface area contributed by atoms with Crippen LogP contribution in [0.15, 0.2) is 18.2 Å². The number of benzene rings is 1. The topological polar surface area (TPSA) is 46.5 Å². The smallest absolute Gasteiger partial charge is 0.387 e. The van der Waals surface area contributed by atoms with Gasteiger partial charge in [0.05, 0.1) is 5.92 Å². The fraction of sp³-hybridized carbons (Fsp3) is 0.417. The highest BCUT2D eigenvalue weighted by molar-refractivity contribution is 7.98. The number of thioether (sulfide) groups is 1. The van der Waals surface area contributed by atoms with Crippen LogP contribution in [-0.4, -0.2) is 23.4 Å². The Labute approximate surface area is 118 Å². The summed E-state index contributed by atoms with van der Waals surface area (Å²) in [5, 5.41) is 9.16. The standard InChI is InChI=1S/C12H13ClF2O3S/c1-7(11(16)17)5-19-6-8-4-9(13)2-3-10(8)18-12(14)15/h2-4,7,12H,5-6H2,1H3,(H,16,17). The van der Waals surface area contributed by atoms with Gasteiger partial charge in [-0.05, 0) is 18.2 Å². The average Bonchev–Trinajstić information content (AvgIpc) is 2.31. The summed E-state index contributed by atoms with van der Waals surface area (Å²) >= 11 is 7.13. The first-order valence-corrected chi connectivity index (χ1v) is 6.97. The highest BCUT2D eigenvalue weighted by Crippen LogP contribution is 2.28. The Morgan fingerprint density at radius 3 is 2.79 bits per heavy atom. The van der Waals surface area contributed by atoms with Crippen molar-refractivity contribution in [1.82, 2.24) is 0 Å². The molecule has 0 aromatic heterocycles. The zero-order valence-corrected chi connectivity index (χ0v) is 11.7. The molecule has 0 radical (unpaired) electrons. The maximum atomic E-state index is 12.2. The minimum absolute atomic E-state index is 0.0647. The average molecular weight is 311 g/mol. The van der Waals surface area contributed by atoms with Gasteiger partial charge in [-0.25, -0.2) is 0 Å². The van der Waals surface area contributed by atoms with Crippen molar-refractivity contribution < 1.29 is 23.4 Å². The second-order valence-electron chi connectivity index (χ2n) is 3.88. The number of alkyl halides is 2. The zero-order chi connectivity index (χ0) is 14.4. The summed E-state index contributed by atoms with van der Waals surface area (Å²) in [4.78, 5) is 10.6. The van der Waals surface area contributed by atoms with Gasteiger partial charge in [0.1, 0.15) is 5.75 Å². The lowest BCUT2D eigenvalue weighted by molar-refractivity contribution is -0.140. The molecule has 1 aromatic carbocycles. The molecule has 1 unspecified atom stereocenters. The number of carbonyl (C=O) groups is 1. The van der Waals surface area contributed by atoms with Crippen LogP contribution >= 0.6 is 23.4 Å². The minimum Gasteiger partial charge on any atom is -0.481 e. The number of carboxylic acids is 1. The van der Waals surface area contributed by atoms with Crippen LogP contribution in [0.5, 0.6) is 5.75 Å². The Hall–Kier alpha value is -1.01. The Kier molecular flexibility index (Phi) is 6.37. The molecular formula is C12H13ClF2O3S. The monoisotopic (exact) mass is 310 g/mol.